The van der Waals surface area contributed by atoms with Gasteiger partial charge in [-0.3, -0.25) is 10.6 Å². The van der Waals surface area contributed by atoms with Gasteiger partial charge in [0.05, 0.1) is 16.8 Å². The van der Waals surface area contributed by atoms with Crippen LogP contribution >= 0.6 is 11.8 Å². The molecule has 21 heavy (non-hydrogen) atoms. The number of anilines is 1. The predicted molar refractivity (Wildman–Crippen MR) is 79.2 cm³/mol. The van der Waals surface area contributed by atoms with E-state index in [-0.39, 0.29) is 11.3 Å². The molecule has 4 N–H and O–H groups in total. The third-order valence-electron chi connectivity index (χ3n) is 2.99. The second kappa shape index (κ2) is 7.56. The molecule has 0 bridgehead atoms. The van der Waals surface area contributed by atoms with Crippen LogP contribution in [0.25, 0.3) is 0 Å². The standard InChI is InChI=1S/C13H18F3N3OS/c1-8(21-2)5-6-18-12(20)10-7-9(13(14,15)16)3-4-11(10)19-17/h3-4,7-8,19H,5-6,17H2,1-2H3,(H,18,20). The Hall–Kier alpha value is -1.41. The highest BCUT2D eigenvalue weighted by atomic mass is 32.2. The van der Waals surface area contributed by atoms with Gasteiger partial charge in [0.2, 0.25) is 0 Å². The summed E-state index contributed by atoms with van der Waals surface area (Å²) in [7, 11) is 0. The molecule has 4 nitrogen and oxygen atoms in total. The molecule has 0 spiro atoms. The SMILES string of the molecule is CSC(C)CCNC(=O)c1cc(C(F)(F)F)ccc1NN. The fraction of sp³-hybridized carbons (Fsp3) is 0.462. The number of benzene rings is 1. The lowest BCUT2D eigenvalue weighted by molar-refractivity contribution is -0.137. The summed E-state index contributed by atoms with van der Waals surface area (Å²) in [6.07, 6.45) is -1.82. The quantitative estimate of drug-likeness (QED) is 0.557. The topological polar surface area (TPSA) is 67.2 Å². The Balaban J connectivity index is 2.86. The van der Waals surface area contributed by atoms with Crippen molar-refractivity contribution in [2.75, 3.05) is 18.2 Å². The van der Waals surface area contributed by atoms with Gasteiger partial charge in [-0.15, -0.1) is 0 Å². The van der Waals surface area contributed by atoms with Crippen LogP contribution in [-0.4, -0.2) is 24.0 Å². The number of alkyl halides is 3. The molecule has 1 unspecified atom stereocenters. The number of nitrogens with one attached hydrogen (secondary N) is 2. The van der Waals surface area contributed by atoms with Crippen molar-refractivity contribution in [2.45, 2.75) is 24.8 Å². The second-order valence-corrected chi connectivity index (χ2v) is 5.77. The second-order valence-electron chi connectivity index (χ2n) is 4.49. The largest absolute Gasteiger partial charge is 0.416 e. The molecule has 1 atom stereocenters. The summed E-state index contributed by atoms with van der Waals surface area (Å²) in [6, 6.07) is 2.81. The summed E-state index contributed by atoms with van der Waals surface area (Å²) in [6.45, 7) is 2.40. The Labute approximate surface area is 125 Å². The first-order valence-corrected chi connectivity index (χ1v) is 7.57. The smallest absolute Gasteiger partial charge is 0.352 e. The number of rotatable bonds is 6. The van der Waals surface area contributed by atoms with E-state index < -0.39 is 17.6 Å². The maximum Gasteiger partial charge on any atom is 0.416 e. The number of nitrogens with two attached hydrogens (primary N) is 1. The van der Waals surface area contributed by atoms with E-state index in [1.165, 1.54) is 0 Å². The van der Waals surface area contributed by atoms with Gasteiger partial charge in [0.15, 0.2) is 0 Å². The van der Waals surface area contributed by atoms with Gasteiger partial charge in [-0.05, 0) is 30.9 Å². The Morgan fingerprint density at radius 3 is 2.62 bits per heavy atom. The lowest BCUT2D eigenvalue weighted by Gasteiger charge is -2.14. The van der Waals surface area contributed by atoms with E-state index in [1.807, 2.05) is 13.2 Å². The van der Waals surface area contributed by atoms with Crippen LogP contribution in [-0.2, 0) is 6.18 Å². The van der Waals surface area contributed by atoms with Crippen molar-refractivity contribution in [3.63, 3.8) is 0 Å². The number of hydrogen-bond acceptors (Lipinski definition) is 4. The van der Waals surface area contributed by atoms with Crippen LogP contribution in [0.4, 0.5) is 18.9 Å². The highest BCUT2D eigenvalue weighted by Gasteiger charge is 2.31. The molecule has 8 heteroatoms. The van der Waals surface area contributed by atoms with Gasteiger partial charge >= 0.3 is 6.18 Å². The van der Waals surface area contributed by atoms with Crippen molar-refractivity contribution in [1.29, 1.82) is 0 Å². The molecular formula is C13H18F3N3OS. The zero-order chi connectivity index (χ0) is 16.0. The van der Waals surface area contributed by atoms with Crippen LogP contribution in [0.5, 0.6) is 0 Å². The fourth-order valence-electron chi connectivity index (χ4n) is 1.64. The number of halogens is 3. The van der Waals surface area contributed by atoms with Crippen LogP contribution < -0.4 is 16.6 Å². The number of hydrazine groups is 1. The Bertz CT molecular complexity index is 494. The molecule has 0 aliphatic carbocycles. The van der Waals surface area contributed by atoms with E-state index in [0.29, 0.717) is 11.8 Å². The summed E-state index contributed by atoms with van der Waals surface area (Å²) < 4.78 is 38.1. The minimum atomic E-state index is -4.50. The molecule has 1 amide bonds. The van der Waals surface area contributed by atoms with Gasteiger partial charge in [-0.1, -0.05) is 6.92 Å². The molecule has 0 aliphatic heterocycles. The molecule has 1 aromatic rings. The first-order chi connectivity index (χ1) is 9.79. The highest BCUT2D eigenvalue weighted by Crippen LogP contribution is 2.31. The summed E-state index contributed by atoms with van der Waals surface area (Å²) in [4.78, 5) is 12.0. The minimum Gasteiger partial charge on any atom is -0.352 e. The average molecular weight is 321 g/mol. The zero-order valence-corrected chi connectivity index (χ0v) is 12.6. The zero-order valence-electron chi connectivity index (χ0n) is 11.8. The van der Waals surface area contributed by atoms with Gasteiger partial charge < -0.3 is 10.7 Å². The molecule has 0 heterocycles. The van der Waals surface area contributed by atoms with Crippen LogP contribution in [0.2, 0.25) is 0 Å². The summed E-state index contributed by atoms with van der Waals surface area (Å²) in [5, 5.41) is 2.96. The Morgan fingerprint density at radius 1 is 1.43 bits per heavy atom. The fourth-order valence-corrected chi connectivity index (χ4v) is 1.99. The third kappa shape index (κ3) is 5.13. The normalized spacial score (nSPS) is 12.9. The highest BCUT2D eigenvalue weighted by molar-refractivity contribution is 7.99. The van der Waals surface area contributed by atoms with Crippen LogP contribution in [0, 0.1) is 0 Å². The Kier molecular flexibility index (Phi) is 6.35. The van der Waals surface area contributed by atoms with Gasteiger partial charge in [-0.2, -0.15) is 24.9 Å². The summed E-state index contributed by atoms with van der Waals surface area (Å²) >= 11 is 1.65. The maximum absolute atomic E-state index is 12.7. The van der Waals surface area contributed by atoms with Crippen LogP contribution in [0.3, 0.4) is 0 Å². The van der Waals surface area contributed by atoms with E-state index in [2.05, 4.69) is 10.7 Å². The van der Waals surface area contributed by atoms with E-state index in [9.17, 15) is 18.0 Å². The lowest BCUT2D eigenvalue weighted by atomic mass is 10.1. The van der Waals surface area contributed by atoms with Crippen molar-refractivity contribution in [1.82, 2.24) is 5.32 Å². The van der Waals surface area contributed by atoms with Crippen molar-refractivity contribution < 1.29 is 18.0 Å². The molecule has 1 rings (SSSR count). The molecule has 0 saturated heterocycles. The number of hydrogen-bond donors (Lipinski definition) is 3. The van der Waals surface area contributed by atoms with Gasteiger partial charge in [-0.25, -0.2) is 0 Å². The molecule has 0 aromatic heterocycles. The molecule has 0 radical (unpaired) electrons. The maximum atomic E-state index is 12.7. The Morgan fingerprint density at radius 2 is 2.10 bits per heavy atom. The average Bonchev–Trinajstić information content (AvgIpc) is 2.45. The molecule has 1 aromatic carbocycles. The monoisotopic (exact) mass is 321 g/mol. The van der Waals surface area contributed by atoms with Crippen LogP contribution in [0.15, 0.2) is 18.2 Å². The molecular weight excluding hydrogens is 303 g/mol. The van der Waals surface area contributed by atoms with Gasteiger partial charge in [0, 0.05) is 11.8 Å². The van der Waals surface area contributed by atoms with Crippen molar-refractivity contribution in [2.24, 2.45) is 5.84 Å². The molecule has 0 saturated carbocycles. The first kappa shape index (κ1) is 17.6. The van der Waals surface area contributed by atoms with E-state index in [0.717, 1.165) is 24.6 Å². The molecule has 0 fully saturated rings. The van der Waals surface area contributed by atoms with Crippen LogP contribution in [0.1, 0.15) is 29.3 Å². The predicted octanol–water partition coefficient (Wildman–Crippen LogP) is 2.86. The molecule has 118 valence electrons. The van der Waals surface area contributed by atoms with E-state index in [4.69, 9.17) is 5.84 Å². The minimum absolute atomic E-state index is 0.121. The van der Waals surface area contributed by atoms with Gasteiger partial charge in [0.25, 0.3) is 5.91 Å². The number of thioether (sulfide) groups is 1. The third-order valence-corrected chi connectivity index (χ3v) is 4.03. The summed E-state index contributed by atoms with van der Waals surface area (Å²) in [5.74, 6) is 4.65. The number of amides is 1. The van der Waals surface area contributed by atoms with Crippen molar-refractivity contribution in [3.05, 3.63) is 29.3 Å². The van der Waals surface area contributed by atoms with E-state index >= 15 is 0 Å². The number of carbonyl (C=O) groups excluding carboxylic acids is 1. The van der Waals surface area contributed by atoms with E-state index in [1.54, 1.807) is 11.8 Å². The summed E-state index contributed by atoms with van der Waals surface area (Å²) in [5.41, 5.74) is 1.38. The van der Waals surface area contributed by atoms with Crippen molar-refractivity contribution in [3.8, 4) is 0 Å². The van der Waals surface area contributed by atoms with Crippen molar-refractivity contribution >= 4 is 23.4 Å². The first-order valence-electron chi connectivity index (χ1n) is 6.28. The van der Waals surface area contributed by atoms with Gasteiger partial charge in [0.1, 0.15) is 0 Å². The number of nitrogen functional groups attached to an aromatic ring is 1. The number of carbonyl (C=O) groups is 1. The lowest BCUT2D eigenvalue weighted by Crippen LogP contribution is -2.28. The molecule has 0 aliphatic rings.